The molecule has 1 aliphatic heterocycles. The van der Waals surface area contributed by atoms with Gasteiger partial charge in [-0.3, -0.25) is 4.31 Å². The summed E-state index contributed by atoms with van der Waals surface area (Å²) in [6.07, 6.45) is 1.99. The first-order chi connectivity index (χ1) is 12.3. The van der Waals surface area contributed by atoms with Gasteiger partial charge in [0.15, 0.2) is 0 Å². The zero-order valence-electron chi connectivity index (χ0n) is 14.5. The van der Waals surface area contributed by atoms with Crippen LogP contribution in [0.4, 0.5) is 5.69 Å². The van der Waals surface area contributed by atoms with E-state index in [0.29, 0.717) is 24.1 Å². The van der Waals surface area contributed by atoms with Crippen molar-refractivity contribution in [3.05, 3.63) is 65.7 Å². The summed E-state index contributed by atoms with van der Waals surface area (Å²) in [5.74, 6) is -0.00846. The third kappa shape index (κ3) is 4.44. The molecule has 0 spiro atoms. The lowest BCUT2D eigenvalue weighted by atomic mass is 9.99. The molecule has 0 amide bonds. The molecule has 2 aromatic carbocycles. The maximum absolute atomic E-state index is 12.5. The number of benzene rings is 2. The standard InChI is InChI=1S/C18H22N2O4S2/c1-25(21,22)20-13-11-17(16-9-5-6-10-18(16)20)19-26(23,24)14-12-15-7-3-2-4-8-15/h2-10,17,19H,11-14H2,1H3. The smallest absolute Gasteiger partial charge is 0.232 e. The maximum Gasteiger partial charge on any atom is 0.232 e. The summed E-state index contributed by atoms with van der Waals surface area (Å²) in [6.45, 7) is 0.252. The van der Waals surface area contributed by atoms with Crippen LogP contribution in [-0.2, 0) is 26.5 Å². The van der Waals surface area contributed by atoms with E-state index in [1.807, 2.05) is 30.3 Å². The first-order valence-corrected chi connectivity index (χ1v) is 11.9. The van der Waals surface area contributed by atoms with Crippen LogP contribution < -0.4 is 9.03 Å². The number of nitrogens with zero attached hydrogens (tertiary/aromatic N) is 1. The van der Waals surface area contributed by atoms with Crippen LogP contribution in [0, 0.1) is 0 Å². The van der Waals surface area contributed by atoms with Gasteiger partial charge >= 0.3 is 0 Å². The van der Waals surface area contributed by atoms with Crippen LogP contribution in [0.15, 0.2) is 54.6 Å². The van der Waals surface area contributed by atoms with Crippen LogP contribution in [0.2, 0.25) is 0 Å². The van der Waals surface area contributed by atoms with Crippen molar-refractivity contribution in [2.75, 3.05) is 22.9 Å². The number of nitrogens with one attached hydrogen (secondary N) is 1. The number of hydrogen-bond acceptors (Lipinski definition) is 4. The van der Waals surface area contributed by atoms with Crippen molar-refractivity contribution in [1.82, 2.24) is 4.72 Å². The Hall–Kier alpha value is -1.90. The molecule has 8 heteroatoms. The molecule has 6 nitrogen and oxygen atoms in total. The summed E-state index contributed by atoms with van der Waals surface area (Å²) >= 11 is 0. The van der Waals surface area contributed by atoms with Gasteiger partial charge in [-0.25, -0.2) is 21.6 Å². The molecule has 0 bridgehead atoms. The lowest BCUT2D eigenvalue weighted by molar-refractivity contribution is 0.530. The monoisotopic (exact) mass is 394 g/mol. The van der Waals surface area contributed by atoms with Gasteiger partial charge in [0.1, 0.15) is 0 Å². The summed E-state index contributed by atoms with van der Waals surface area (Å²) in [4.78, 5) is 0. The Bertz CT molecular complexity index is 973. The minimum absolute atomic E-state index is 0.00846. The number of aryl methyl sites for hydroxylation is 1. The van der Waals surface area contributed by atoms with Crippen LogP contribution >= 0.6 is 0 Å². The zero-order chi connectivity index (χ0) is 18.8. The van der Waals surface area contributed by atoms with E-state index in [9.17, 15) is 16.8 Å². The molecule has 140 valence electrons. The van der Waals surface area contributed by atoms with Crippen LogP contribution in [0.25, 0.3) is 0 Å². The van der Waals surface area contributed by atoms with Crippen molar-refractivity contribution in [3.63, 3.8) is 0 Å². The van der Waals surface area contributed by atoms with Gasteiger partial charge in [0.2, 0.25) is 20.0 Å². The summed E-state index contributed by atoms with van der Waals surface area (Å²) in [7, 11) is -6.89. The first-order valence-electron chi connectivity index (χ1n) is 8.37. The number of anilines is 1. The molecule has 0 radical (unpaired) electrons. The molecule has 0 saturated carbocycles. The predicted molar refractivity (Wildman–Crippen MR) is 103 cm³/mol. The van der Waals surface area contributed by atoms with Crippen molar-refractivity contribution in [3.8, 4) is 0 Å². The molecule has 26 heavy (non-hydrogen) atoms. The van der Waals surface area contributed by atoms with E-state index in [-0.39, 0.29) is 12.3 Å². The molecule has 0 aromatic heterocycles. The van der Waals surface area contributed by atoms with Gasteiger partial charge in [-0.2, -0.15) is 0 Å². The minimum atomic E-state index is -3.49. The molecule has 0 fully saturated rings. The van der Waals surface area contributed by atoms with Crippen molar-refractivity contribution in [1.29, 1.82) is 0 Å². The van der Waals surface area contributed by atoms with Gasteiger partial charge in [-0.15, -0.1) is 0 Å². The second-order valence-electron chi connectivity index (χ2n) is 6.41. The largest absolute Gasteiger partial charge is 0.270 e. The van der Waals surface area contributed by atoms with E-state index in [1.165, 1.54) is 4.31 Å². The van der Waals surface area contributed by atoms with Crippen LogP contribution in [0.3, 0.4) is 0 Å². The van der Waals surface area contributed by atoms with E-state index in [1.54, 1.807) is 24.3 Å². The topological polar surface area (TPSA) is 83.6 Å². The Morgan fingerprint density at radius 2 is 1.65 bits per heavy atom. The summed E-state index contributed by atoms with van der Waals surface area (Å²) in [6, 6.07) is 16.0. The quantitative estimate of drug-likeness (QED) is 0.813. The molecule has 1 heterocycles. The highest BCUT2D eigenvalue weighted by molar-refractivity contribution is 7.92. The summed E-state index contributed by atoms with van der Waals surface area (Å²) in [5.41, 5.74) is 2.19. The third-order valence-electron chi connectivity index (χ3n) is 4.43. The second kappa shape index (κ2) is 7.38. The molecular weight excluding hydrogens is 372 g/mol. The average molecular weight is 395 g/mol. The van der Waals surface area contributed by atoms with Gasteiger partial charge in [0.05, 0.1) is 23.7 Å². The second-order valence-corrected chi connectivity index (χ2v) is 10.2. The fourth-order valence-electron chi connectivity index (χ4n) is 3.17. The SMILES string of the molecule is CS(=O)(=O)N1CCC(NS(=O)(=O)CCc2ccccc2)c2ccccc21. The van der Waals surface area contributed by atoms with Crippen molar-refractivity contribution in [2.24, 2.45) is 0 Å². The van der Waals surface area contributed by atoms with Gasteiger partial charge in [0.25, 0.3) is 0 Å². The average Bonchev–Trinajstić information content (AvgIpc) is 2.60. The van der Waals surface area contributed by atoms with E-state index in [4.69, 9.17) is 0 Å². The Morgan fingerprint density at radius 1 is 1.00 bits per heavy atom. The van der Waals surface area contributed by atoms with Gasteiger partial charge in [-0.1, -0.05) is 48.5 Å². The Labute approximate surface area is 155 Å². The van der Waals surface area contributed by atoms with Crippen LogP contribution in [0.5, 0.6) is 0 Å². The number of fused-ring (bicyclic) bond motifs is 1. The molecule has 1 N–H and O–H groups in total. The maximum atomic E-state index is 12.5. The third-order valence-corrected chi connectivity index (χ3v) is 6.99. The Kier molecular flexibility index (Phi) is 5.36. The highest BCUT2D eigenvalue weighted by Gasteiger charge is 2.31. The van der Waals surface area contributed by atoms with Gasteiger partial charge in [0, 0.05) is 6.54 Å². The number of hydrogen-bond donors (Lipinski definition) is 1. The fourth-order valence-corrected chi connectivity index (χ4v) is 5.43. The molecule has 0 saturated heterocycles. The van der Waals surface area contributed by atoms with E-state index in [0.717, 1.165) is 11.8 Å². The van der Waals surface area contributed by atoms with Gasteiger partial charge in [-0.05, 0) is 30.0 Å². The Balaban J connectivity index is 1.77. The van der Waals surface area contributed by atoms with Gasteiger partial charge < -0.3 is 0 Å². The van der Waals surface area contributed by atoms with Crippen LogP contribution in [0.1, 0.15) is 23.6 Å². The lowest BCUT2D eigenvalue weighted by Crippen LogP contribution is -2.41. The minimum Gasteiger partial charge on any atom is -0.270 e. The van der Waals surface area contributed by atoms with E-state index in [2.05, 4.69) is 4.72 Å². The summed E-state index contributed by atoms with van der Waals surface area (Å²) in [5, 5.41) is 0. The molecule has 2 aromatic rings. The molecular formula is C18H22N2O4S2. The molecule has 1 unspecified atom stereocenters. The lowest BCUT2D eigenvalue weighted by Gasteiger charge is -2.34. The van der Waals surface area contributed by atoms with E-state index < -0.39 is 26.1 Å². The van der Waals surface area contributed by atoms with E-state index >= 15 is 0 Å². The molecule has 1 aliphatic rings. The number of para-hydroxylation sites is 1. The first kappa shape index (κ1) is 18.9. The predicted octanol–water partition coefficient (Wildman–Crippen LogP) is 2.06. The number of rotatable bonds is 6. The van der Waals surface area contributed by atoms with Crippen molar-refractivity contribution in [2.45, 2.75) is 18.9 Å². The summed E-state index contributed by atoms with van der Waals surface area (Å²) < 4.78 is 53.1. The highest BCUT2D eigenvalue weighted by atomic mass is 32.2. The normalized spacial score (nSPS) is 17.7. The molecule has 3 rings (SSSR count). The molecule has 1 atom stereocenters. The highest BCUT2D eigenvalue weighted by Crippen LogP contribution is 2.35. The fraction of sp³-hybridized carbons (Fsp3) is 0.333. The number of sulfonamides is 2. The van der Waals surface area contributed by atoms with Crippen molar-refractivity contribution < 1.29 is 16.8 Å². The Morgan fingerprint density at radius 3 is 2.35 bits per heavy atom. The molecule has 0 aliphatic carbocycles. The van der Waals surface area contributed by atoms with Crippen molar-refractivity contribution >= 4 is 25.7 Å². The zero-order valence-corrected chi connectivity index (χ0v) is 16.1. The van der Waals surface area contributed by atoms with Crippen LogP contribution in [-0.4, -0.2) is 35.4 Å².